The molecule has 0 saturated heterocycles. The molecule has 1 aliphatic heterocycles. The van der Waals surface area contributed by atoms with E-state index in [0.717, 1.165) is 4.90 Å². The lowest BCUT2D eigenvalue weighted by atomic mass is 10.2. The van der Waals surface area contributed by atoms with Gasteiger partial charge in [-0.25, -0.2) is 9.69 Å². The van der Waals surface area contributed by atoms with Gasteiger partial charge in [0.15, 0.2) is 11.5 Å². The molecule has 0 atom stereocenters. The van der Waals surface area contributed by atoms with E-state index in [1.54, 1.807) is 36.4 Å². The van der Waals surface area contributed by atoms with Gasteiger partial charge in [-0.1, -0.05) is 17.7 Å². The van der Waals surface area contributed by atoms with Crippen molar-refractivity contribution in [3.8, 4) is 17.2 Å². The van der Waals surface area contributed by atoms with E-state index in [4.69, 9.17) is 25.8 Å². The molecule has 1 aliphatic rings. The zero-order chi connectivity index (χ0) is 18.7. The second kappa shape index (κ2) is 7.53. The summed E-state index contributed by atoms with van der Waals surface area (Å²) in [6, 6.07) is 9.11. The van der Waals surface area contributed by atoms with Gasteiger partial charge in [0.25, 0.3) is 0 Å². The summed E-state index contributed by atoms with van der Waals surface area (Å²) in [6.45, 7) is 3.86. The van der Waals surface area contributed by atoms with Gasteiger partial charge in [-0.2, -0.15) is 0 Å². The monoisotopic (exact) mass is 376 g/mol. The van der Waals surface area contributed by atoms with E-state index < -0.39 is 6.03 Å². The summed E-state index contributed by atoms with van der Waals surface area (Å²) < 4.78 is 16.1. The van der Waals surface area contributed by atoms with Crippen LogP contribution in [0.15, 0.2) is 36.4 Å². The predicted molar refractivity (Wildman–Crippen MR) is 97.3 cm³/mol. The Bertz CT molecular complexity index is 840. The van der Waals surface area contributed by atoms with E-state index >= 15 is 0 Å². The highest BCUT2D eigenvalue weighted by Gasteiger charge is 2.21. The summed E-state index contributed by atoms with van der Waals surface area (Å²) in [5.41, 5.74) is 0.676. The van der Waals surface area contributed by atoms with Crippen LogP contribution in [0.5, 0.6) is 17.2 Å². The second-order valence-corrected chi connectivity index (χ2v) is 6.16. The Morgan fingerprint density at radius 2 is 2.00 bits per heavy atom. The van der Waals surface area contributed by atoms with Crippen molar-refractivity contribution < 1.29 is 23.8 Å². The first-order chi connectivity index (χ1) is 12.5. The number of benzene rings is 2. The highest BCUT2D eigenvalue weighted by molar-refractivity contribution is 6.34. The standard InChI is InChI=1S/C18H17ClN2O5/c1-11(2)26-13-5-3-4-12(6-13)21(9-22)18(23)20-15-8-17-16(7-14(15)19)24-10-25-17/h3-9,11H,10H2,1-2H3,(H,20,23). The molecule has 3 rings (SSSR count). The number of nitrogens with one attached hydrogen (secondary N) is 1. The van der Waals surface area contributed by atoms with Gasteiger partial charge in [-0.05, 0) is 26.0 Å². The molecule has 0 fully saturated rings. The molecule has 2 aromatic rings. The molecule has 136 valence electrons. The minimum atomic E-state index is -0.664. The van der Waals surface area contributed by atoms with Crippen molar-refractivity contribution in [2.24, 2.45) is 0 Å². The summed E-state index contributed by atoms with van der Waals surface area (Å²) in [5, 5.41) is 2.87. The van der Waals surface area contributed by atoms with Gasteiger partial charge in [-0.3, -0.25) is 4.79 Å². The number of halogens is 1. The fourth-order valence-corrected chi connectivity index (χ4v) is 2.59. The van der Waals surface area contributed by atoms with E-state index in [1.165, 1.54) is 0 Å². The minimum absolute atomic E-state index is 0.0313. The number of rotatable bonds is 5. The Balaban J connectivity index is 1.81. The van der Waals surface area contributed by atoms with Gasteiger partial charge in [0.2, 0.25) is 13.2 Å². The Hall–Kier alpha value is -2.93. The molecular weight excluding hydrogens is 360 g/mol. The van der Waals surface area contributed by atoms with Crippen LogP contribution in [-0.4, -0.2) is 25.3 Å². The third-order valence-corrected chi connectivity index (χ3v) is 3.81. The Kier molecular flexibility index (Phi) is 5.18. The third kappa shape index (κ3) is 3.83. The molecular formula is C18H17ClN2O5. The topological polar surface area (TPSA) is 77.1 Å². The number of hydrogen-bond donors (Lipinski definition) is 1. The fourth-order valence-electron chi connectivity index (χ4n) is 2.39. The number of carbonyl (C=O) groups is 2. The van der Waals surface area contributed by atoms with Crippen LogP contribution < -0.4 is 24.4 Å². The van der Waals surface area contributed by atoms with E-state index in [2.05, 4.69) is 5.32 Å². The molecule has 3 amide bonds. The van der Waals surface area contributed by atoms with Gasteiger partial charge in [-0.15, -0.1) is 0 Å². The number of carbonyl (C=O) groups excluding carboxylic acids is 2. The highest BCUT2D eigenvalue weighted by Crippen LogP contribution is 2.39. The van der Waals surface area contributed by atoms with Crippen molar-refractivity contribution in [1.82, 2.24) is 0 Å². The van der Waals surface area contributed by atoms with Crippen LogP contribution in [0, 0.1) is 0 Å². The fraction of sp³-hybridized carbons (Fsp3) is 0.222. The van der Waals surface area contributed by atoms with Crippen LogP contribution in [-0.2, 0) is 4.79 Å². The summed E-state index contributed by atoms with van der Waals surface area (Å²) >= 11 is 6.15. The lowest BCUT2D eigenvalue weighted by Gasteiger charge is -2.18. The summed E-state index contributed by atoms with van der Waals surface area (Å²) in [7, 11) is 0. The molecule has 0 bridgehead atoms. The van der Waals surface area contributed by atoms with E-state index in [1.807, 2.05) is 13.8 Å². The molecule has 0 saturated carbocycles. The Morgan fingerprint density at radius 3 is 2.69 bits per heavy atom. The van der Waals surface area contributed by atoms with Gasteiger partial charge in [0, 0.05) is 18.2 Å². The number of fused-ring (bicyclic) bond motifs is 1. The molecule has 2 aromatic carbocycles. The van der Waals surface area contributed by atoms with Crippen LogP contribution >= 0.6 is 11.6 Å². The third-order valence-electron chi connectivity index (χ3n) is 3.50. The molecule has 0 unspecified atom stereocenters. The highest BCUT2D eigenvalue weighted by atomic mass is 35.5. The van der Waals surface area contributed by atoms with E-state index in [-0.39, 0.29) is 17.9 Å². The molecule has 1 N–H and O–H groups in total. The minimum Gasteiger partial charge on any atom is -0.491 e. The molecule has 8 heteroatoms. The largest absolute Gasteiger partial charge is 0.491 e. The SMILES string of the molecule is CC(C)Oc1cccc(N(C=O)C(=O)Nc2cc3c(cc2Cl)OCO3)c1. The predicted octanol–water partition coefficient (Wildman–Crippen LogP) is 4.05. The average Bonchev–Trinajstić information content (AvgIpc) is 3.02. The van der Waals surface area contributed by atoms with Crippen molar-refractivity contribution >= 4 is 35.4 Å². The molecule has 0 spiro atoms. The van der Waals surface area contributed by atoms with Crippen molar-refractivity contribution in [3.05, 3.63) is 41.4 Å². The molecule has 0 aromatic heterocycles. The van der Waals surface area contributed by atoms with E-state index in [9.17, 15) is 9.59 Å². The summed E-state index contributed by atoms with van der Waals surface area (Å²) in [6.07, 6.45) is 0.390. The molecule has 0 radical (unpaired) electrons. The van der Waals surface area contributed by atoms with Crippen molar-refractivity contribution in [1.29, 1.82) is 0 Å². The van der Waals surface area contributed by atoms with E-state index in [0.29, 0.717) is 35.0 Å². The lowest BCUT2D eigenvalue weighted by molar-refractivity contribution is -0.106. The molecule has 1 heterocycles. The zero-order valence-electron chi connectivity index (χ0n) is 14.2. The first-order valence-corrected chi connectivity index (χ1v) is 8.27. The number of nitrogens with zero attached hydrogens (tertiary/aromatic N) is 1. The number of anilines is 2. The first kappa shape index (κ1) is 17.9. The number of amides is 3. The van der Waals surface area contributed by atoms with Crippen molar-refractivity contribution in [3.63, 3.8) is 0 Å². The average molecular weight is 377 g/mol. The van der Waals surface area contributed by atoms with Crippen LogP contribution in [0.1, 0.15) is 13.8 Å². The maximum atomic E-state index is 12.5. The van der Waals surface area contributed by atoms with Crippen LogP contribution in [0.4, 0.5) is 16.2 Å². The summed E-state index contributed by atoms with van der Waals surface area (Å²) in [5.74, 6) is 1.52. The number of hydrogen-bond acceptors (Lipinski definition) is 5. The normalized spacial score (nSPS) is 12.0. The smallest absolute Gasteiger partial charge is 0.333 e. The number of urea groups is 1. The van der Waals surface area contributed by atoms with Crippen molar-refractivity contribution in [2.75, 3.05) is 17.0 Å². The van der Waals surface area contributed by atoms with Crippen LogP contribution in [0.25, 0.3) is 0 Å². The Morgan fingerprint density at radius 1 is 1.27 bits per heavy atom. The molecule has 0 aliphatic carbocycles. The maximum absolute atomic E-state index is 12.5. The van der Waals surface area contributed by atoms with Crippen molar-refractivity contribution in [2.45, 2.75) is 20.0 Å². The van der Waals surface area contributed by atoms with Gasteiger partial charge in [0.05, 0.1) is 22.5 Å². The Labute approximate surface area is 155 Å². The quantitative estimate of drug-likeness (QED) is 0.796. The summed E-state index contributed by atoms with van der Waals surface area (Å²) in [4.78, 5) is 25.0. The second-order valence-electron chi connectivity index (χ2n) is 5.75. The lowest BCUT2D eigenvalue weighted by Crippen LogP contribution is -2.33. The maximum Gasteiger partial charge on any atom is 0.333 e. The van der Waals surface area contributed by atoms with Crippen LogP contribution in [0.2, 0.25) is 5.02 Å². The van der Waals surface area contributed by atoms with Gasteiger partial charge in [0.1, 0.15) is 5.75 Å². The number of ether oxygens (including phenoxy) is 3. The van der Waals surface area contributed by atoms with Gasteiger partial charge >= 0.3 is 6.03 Å². The first-order valence-electron chi connectivity index (χ1n) is 7.89. The van der Waals surface area contributed by atoms with Gasteiger partial charge < -0.3 is 19.5 Å². The molecule has 26 heavy (non-hydrogen) atoms. The number of imide groups is 1. The zero-order valence-corrected chi connectivity index (χ0v) is 14.9. The van der Waals surface area contributed by atoms with Crippen LogP contribution in [0.3, 0.4) is 0 Å². The molecule has 7 nitrogen and oxygen atoms in total.